The Kier molecular flexibility index (Phi) is 10.2. The second kappa shape index (κ2) is 11.9. The second-order valence-corrected chi connectivity index (χ2v) is 5.53. The number of hydrogen-bond acceptors (Lipinski definition) is 3. The number of benzene rings is 1. The van der Waals surface area contributed by atoms with Crippen molar-refractivity contribution in [3.63, 3.8) is 0 Å². The highest BCUT2D eigenvalue weighted by atomic mass is 127. The first-order valence-electron chi connectivity index (χ1n) is 8.19. The summed E-state index contributed by atoms with van der Waals surface area (Å²) in [7, 11) is 1.73. The van der Waals surface area contributed by atoms with Crippen LogP contribution in [0.25, 0.3) is 0 Å². The number of halogens is 1. The van der Waals surface area contributed by atoms with Gasteiger partial charge >= 0.3 is 0 Å². The van der Waals surface area contributed by atoms with Crippen LogP contribution in [0, 0.1) is 0 Å². The monoisotopic (exact) mass is 446 g/mol. The van der Waals surface area contributed by atoms with E-state index in [0.29, 0.717) is 25.6 Å². The third kappa shape index (κ3) is 8.95. The van der Waals surface area contributed by atoms with Gasteiger partial charge in [-0.25, -0.2) is 0 Å². The third-order valence-corrected chi connectivity index (χ3v) is 3.45. The third-order valence-electron chi connectivity index (χ3n) is 3.45. The van der Waals surface area contributed by atoms with Crippen molar-refractivity contribution in [2.45, 2.75) is 31.7 Å². The topological polar surface area (TPSA) is 74.8 Å². The highest BCUT2D eigenvalue weighted by molar-refractivity contribution is 14.0. The van der Waals surface area contributed by atoms with E-state index in [9.17, 15) is 4.79 Å². The van der Waals surface area contributed by atoms with Crippen LogP contribution < -0.4 is 20.7 Å². The van der Waals surface area contributed by atoms with Gasteiger partial charge in [0.1, 0.15) is 12.4 Å². The van der Waals surface area contributed by atoms with Gasteiger partial charge in [0.05, 0.1) is 6.54 Å². The molecule has 1 fully saturated rings. The van der Waals surface area contributed by atoms with Gasteiger partial charge in [0.2, 0.25) is 5.91 Å². The fourth-order valence-corrected chi connectivity index (χ4v) is 2.06. The van der Waals surface area contributed by atoms with E-state index in [1.165, 1.54) is 0 Å². The zero-order chi connectivity index (χ0) is 16.3. The van der Waals surface area contributed by atoms with Gasteiger partial charge in [-0.3, -0.25) is 9.79 Å². The van der Waals surface area contributed by atoms with E-state index in [4.69, 9.17) is 4.74 Å². The number of amides is 1. The zero-order valence-electron chi connectivity index (χ0n) is 14.1. The van der Waals surface area contributed by atoms with Crippen molar-refractivity contribution in [1.82, 2.24) is 16.0 Å². The smallest absolute Gasteiger partial charge is 0.220 e. The molecule has 0 atom stereocenters. The first-order valence-corrected chi connectivity index (χ1v) is 8.19. The van der Waals surface area contributed by atoms with Crippen LogP contribution in [0.5, 0.6) is 5.75 Å². The van der Waals surface area contributed by atoms with E-state index in [-0.39, 0.29) is 29.9 Å². The molecule has 6 nitrogen and oxygen atoms in total. The Morgan fingerprint density at radius 3 is 2.58 bits per heavy atom. The van der Waals surface area contributed by atoms with E-state index in [1.54, 1.807) is 7.05 Å². The standard InChI is InChI=1S/C17H26N4O2.HI/c1-18-17(19-11-5-8-16(22)21-14-9-10-14)20-12-13-23-15-6-3-2-4-7-15;/h2-4,6-7,14H,5,8-13H2,1H3,(H,21,22)(H2,18,19,20);1H. The molecule has 0 saturated heterocycles. The molecule has 1 amide bonds. The molecule has 3 N–H and O–H groups in total. The van der Waals surface area contributed by atoms with Gasteiger partial charge in [-0.1, -0.05) is 18.2 Å². The van der Waals surface area contributed by atoms with Gasteiger partial charge in [0, 0.05) is 26.1 Å². The first kappa shape index (κ1) is 20.5. The van der Waals surface area contributed by atoms with E-state index in [1.807, 2.05) is 30.3 Å². The first-order chi connectivity index (χ1) is 11.3. The number of ether oxygens (including phenoxy) is 1. The largest absolute Gasteiger partial charge is 0.492 e. The molecule has 7 heteroatoms. The molecule has 1 aliphatic rings. The lowest BCUT2D eigenvalue weighted by Gasteiger charge is -2.12. The van der Waals surface area contributed by atoms with Crippen molar-refractivity contribution in [2.75, 3.05) is 26.7 Å². The van der Waals surface area contributed by atoms with E-state index in [0.717, 1.165) is 37.5 Å². The Hall–Kier alpha value is -1.51. The minimum atomic E-state index is 0. The molecule has 0 heterocycles. The van der Waals surface area contributed by atoms with Gasteiger partial charge in [0.15, 0.2) is 5.96 Å². The van der Waals surface area contributed by atoms with Crippen LogP contribution in [0.1, 0.15) is 25.7 Å². The SMILES string of the molecule is CN=C(NCCCC(=O)NC1CC1)NCCOc1ccccc1.I. The number of para-hydroxylation sites is 1. The van der Waals surface area contributed by atoms with Gasteiger partial charge < -0.3 is 20.7 Å². The van der Waals surface area contributed by atoms with Gasteiger partial charge in [-0.15, -0.1) is 24.0 Å². The van der Waals surface area contributed by atoms with Crippen molar-refractivity contribution in [2.24, 2.45) is 4.99 Å². The minimum absolute atomic E-state index is 0. The van der Waals surface area contributed by atoms with Crippen LogP contribution in [0.3, 0.4) is 0 Å². The number of carbonyl (C=O) groups is 1. The van der Waals surface area contributed by atoms with Crippen LogP contribution in [0.15, 0.2) is 35.3 Å². The van der Waals surface area contributed by atoms with Crippen LogP contribution >= 0.6 is 24.0 Å². The lowest BCUT2D eigenvalue weighted by molar-refractivity contribution is -0.121. The molecular weight excluding hydrogens is 419 g/mol. The quantitative estimate of drug-likeness (QED) is 0.235. The summed E-state index contributed by atoms with van der Waals surface area (Å²) >= 11 is 0. The number of aliphatic imine (C=N–C) groups is 1. The summed E-state index contributed by atoms with van der Waals surface area (Å²) < 4.78 is 5.60. The summed E-state index contributed by atoms with van der Waals surface area (Å²) in [5, 5.41) is 9.36. The maximum Gasteiger partial charge on any atom is 0.220 e. The Morgan fingerprint density at radius 2 is 1.92 bits per heavy atom. The van der Waals surface area contributed by atoms with Crippen molar-refractivity contribution in [3.05, 3.63) is 30.3 Å². The van der Waals surface area contributed by atoms with Crippen molar-refractivity contribution in [3.8, 4) is 5.75 Å². The Balaban J connectivity index is 0.00000288. The molecule has 0 aliphatic heterocycles. The van der Waals surface area contributed by atoms with Crippen LogP contribution in [-0.4, -0.2) is 44.7 Å². The molecule has 0 radical (unpaired) electrons. The Labute approximate surface area is 160 Å². The summed E-state index contributed by atoms with van der Waals surface area (Å²) in [6.07, 6.45) is 3.61. The summed E-state index contributed by atoms with van der Waals surface area (Å²) in [6, 6.07) is 10.2. The predicted octanol–water partition coefficient (Wildman–Crippen LogP) is 1.91. The normalized spacial score (nSPS) is 13.6. The number of nitrogens with zero attached hydrogens (tertiary/aromatic N) is 1. The van der Waals surface area contributed by atoms with E-state index >= 15 is 0 Å². The molecule has 1 aromatic rings. The van der Waals surface area contributed by atoms with Gasteiger partial charge in [-0.05, 0) is 31.4 Å². The van der Waals surface area contributed by atoms with Crippen molar-refractivity contribution < 1.29 is 9.53 Å². The fourth-order valence-electron chi connectivity index (χ4n) is 2.06. The number of rotatable bonds is 9. The van der Waals surface area contributed by atoms with Crippen LogP contribution in [0.4, 0.5) is 0 Å². The summed E-state index contributed by atoms with van der Waals surface area (Å²) in [5.41, 5.74) is 0. The molecule has 0 bridgehead atoms. The Bertz CT molecular complexity index is 507. The fraction of sp³-hybridized carbons (Fsp3) is 0.529. The molecule has 1 saturated carbocycles. The predicted molar refractivity (Wildman–Crippen MR) is 107 cm³/mol. The van der Waals surface area contributed by atoms with Crippen molar-refractivity contribution >= 4 is 35.8 Å². The lowest BCUT2D eigenvalue weighted by atomic mass is 10.3. The second-order valence-electron chi connectivity index (χ2n) is 5.53. The summed E-state index contributed by atoms with van der Waals surface area (Å²) in [5.74, 6) is 1.73. The van der Waals surface area contributed by atoms with Gasteiger partial charge in [0.25, 0.3) is 0 Å². The van der Waals surface area contributed by atoms with Gasteiger partial charge in [-0.2, -0.15) is 0 Å². The minimum Gasteiger partial charge on any atom is -0.492 e. The molecular formula is C17H27IN4O2. The molecule has 1 aliphatic carbocycles. The van der Waals surface area contributed by atoms with E-state index in [2.05, 4.69) is 20.9 Å². The highest BCUT2D eigenvalue weighted by Gasteiger charge is 2.22. The van der Waals surface area contributed by atoms with Crippen LogP contribution in [0.2, 0.25) is 0 Å². The van der Waals surface area contributed by atoms with E-state index < -0.39 is 0 Å². The molecule has 134 valence electrons. The highest BCUT2D eigenvalue weighted by Crippen LogP contribution is 2.18. The number of nitrogens with one attached hydrogen (secondary N) is 3. The molecule has 2 rings (SSSR count). The molecule has 0 aromatic heterocycles. The Morgan fingerprint density at radius 1 is 1.21 bits per heavy atom. The number of carbonyl (C=O) groups excluding carboxylic acids is 1. The average molecular weight is 446 g/mol. The number of hydrogen-bond donors (Lipinski definition) is 3. The number of guanidine groups is 1. The maximum atomic E-state index is 11.6. The van der Waals surface area contributed by atoms with Crippen LogP contribution in [-0.2, 0) is 4.79 Å². The molecule has 0 unspecified atom stereocenters. The summed E-state index contributed by atoms with van der Waals surface area (Å²) in [6.45, 7) is 1.95. The zero-order valence-corrected chi connectivity index (χ0v) is 16.4. The molecule has 0 spiro atoms. The maximum absolute atomic E-state index is 11.6. The molecule has 1 aromatic carbocycles. The molecule has 24 heavy (non-hydrogen) atoms. The lowest BCUT2D eigenvalue weighted by Crippen LogP contribution is -2.40. The summed E-state index contributed by atoms with van der Waals surface area (Å²) in [4.78, 5) is 15.7. The average Bonchev–Trinajstić information content (AvgIpc) is 3.38. The van der Waals surface area contributed by atoms with Crippen molar-refractivity contribution in [1.29, 1.82) is 0 Å².